The molecular weight excluding hydrogens is 254 g/mol. The van der Waals surface area contributed by atoms with Gasteiger partial charge in [0.2, 0.25) is 5.91 Å². The minimum atomic E-state index is -0.204. The summed E-state index contributed by atoms with van der Waals surface area (Å²) < 4.78 is 1.72. The van der Waals surface area contributed by atoms with Gasteiger partial charge in [0.05, 0.1) is 11.9 Å². The van der Waals surface area contributed by atoms with Crippen molar-refractivity contribution in [1.82, 2.24) is 9.78 Å². The van der Waals surface area contributed by atoms with E-state index in [0.717, 1.165) is 17.1 Å². The van der Waals surface area contributed by atoms with Gasteiger partial charge in [0.25, 0.3) is 0 Å². The fraction of sp³-hybridized carbons (Fsp3) is 0.286. The molecule has 0 saturated carbocycles. The summed E-state index contributed by atoms with van der Waals surface area (Å²) in [5.41, 5.74) is 8.00. The number of carbonyl (C=O) groups is 1. The Kier molecular flexibility index (Phi) is 4.37. The number of amides is 1. The van der Waals surface area contributed by atoms with Crippen molar-refractivity contribution >= 4 is 23.0 Å². The average Bonchev–Trinajstić information content (AvgIpc) is 2.83. The molecule has 6 nitrogen and oxygen atoms in total. The van der Waals surface area contributed by atoms with Gasteiger partial charge < -0.3 is 16.4 Å². The predicted octanol–water partition coefficient (Wildman–Crippen LogP) is 1.70. The first kappa shape index (κ1) is 14.1. The van der Waals surface area contributed by atoms with Crippen molar-refractivity contribution in [1.29, 1.82) is 0 Å². The largest absolute Gasteiger partial charge is 0.353 e. The Morgan fingerprint density at radius 2 is 2.15 bits per heavy atom. The van der Waals surface area contributed by atoms with E-state index >= 15 is 0 Å². The number of aromatic nitrogens is 2. The van der Waals surface area contributed by atoms with Crippen LogP contribution in [-0.2, 0) is 11.8 Å². The predicted molar refractivity (Wildman–Crippen MR) is 79.8 cm³/mol. The van der Waals surface area contributed by atoms with Crippen LogP contribution in [0.1, 0.15) is 6.92 Å². The maximum absolute atomic E-state index is 11.8. The topological polar surface area (TPSA) is 85.0 Å². The van der Waals surface area contributed by atoms with Gasteiger partial charge in [0, 0.05) is 37.1 Å². The Balaban J connectivity index is 2.06. The fourth-order valence-corrected chi connectivity index (χ4v) is 1.70. The minimum Gasteiger partial charge on any atom is -0.353 e. The summed E-state index contributed by atoms with van der Waals surface area (Å²) >= 11 is 0. The summed E-state index contributed by atoms with van der Waals surface area (Å²) in [7, 11) is 1.86. The van der Waals surface area contributed by atoms with E-state index in [9.17, 15) is 4.79 Å². The van der Waals surface area contributed by atoms with Crippen LogP contribution in [0.2, 0.25) is 0 Å². The van der Waals surface area contributed by atoms with Gasteiger partial charge in [-0.3, -0.25) is 9.48 Å². The zero-order chi connectivity index (χ0) is 14.5. The van der Waals surface area contributed by atoms with Crippen LogP contribution < -0.4 is 16.4 Å². The minimum absolute atomic E-state index is 0.0778. The molecule has 20 heavy (non-hydrogen) atoms. The molecule has 0 fully saturated rings. The zero-order valence-electron chi connectivity index (χ0n) is 11.6. The molecule has 2 rings (SSSR count). The average molecular weight is 273 g/mol. The summed E-state index contributed by atoms with van der Waals surface area (Å²) in [5, 5.41) is 10.2. The van der Waals surface area contributed by atoms with Gasteiger partial charge in [-0.1, -0.05) is 13.0 Å². The lowest BCUT2D eigenvalue weighted by Crippen LogP contribution is -2.26. The number of nitrogens with one attached hydrogen (secondary N) is 2. The molecule has 0 aliphatic carbocycles. The molecule has 106 valence electrons. The number of hydrogen-bond donors (Lipinski definition) is 3. The molecule has 1 unspecified atom stereocenters. The third-order valence-corrected chi connectivity index (χ3v) is 2.92. The smallest absolute Gasteiger partial charge is 0.228 e. The highest BCUT2D eigenvalue weighted by Crippen LogP contribution is 2.19. The Bertz CT molecular complexity index is 593. The van der Waals surface area contributed by atoms with Crippen LogP contribution in [0.4, 0.5) is 17.1 Å². The number of anilines is 3. The summed E-state index contributed by atoms with van der Waals surface area (Å²) in [6.45, 7) is 2.13. The number of nitrogens with zero attached hydrogens (tertiary/aromatic N) is 2. The Morgan fingerprint density at radius 1 is 1.40 bits per heavy atom. The number of carbonyl (C=O) groups excluding carboxylic acids is 1. The molecule has 6 heteroatoms. The molecule has 1 amide bonds. The molecule has 1 atom stereocenters. The molecule has 0 bridgehead atoms. The second-order valence-electron chi connectivity index (χ2n) is 4.73. The molecule has 0 aliphatic rings. The Morgan fingerprint density at radius 3 is 2.80 bits per heavy atom. The van der Waals surface area contributed by atoms with Gasteiger partial charge in [0.1, 0.15) is 0 Å². The molecule has 4 N–H and O–H groups in total. The number of rotatable bonds is 5. The monoisotopic (exact) mass is 273 g/mol. The molecule has 1 aromatic carbocycles. The molecule has 0 radical (unpaired) electrons. The van der Waals surface area contributed by atoms with Gasteiger partial charge in [-0.15, -0.1) is 0 Å². The number of benzene rings is 1. The quantitative estimate of drug-likeness (QED) is 0.774. The lowest BCUT2D eigenvalue weighted by Gasteiger charge is -2.11. The van der Waals surface area contributed by atoms with E-state index in [0.29, 0.717) is 6.54 Å². The highest BCUT2D eigenvalue weighted by atomic mass is 16.1. The molecule has 1 heterocycles. The van der Waals surface area contributed by atoms with Crippen LogP contribution >= 0.6 is 0 Å². The van der Waals surface area contributed by atoms with E-state index < -0.39 is 0 Å². The Hall–Kier alpha value is -2.34. The molecule has 0 aliphatic heterocycles. The highest BCUT2D eigenvalue weighted by molar-refractivity contribution is 5.93. The summed E-state index contributed by atoms with van der Waals surface area (Å²) in [4.78, 5) is 11.8. The van der Waals surface area contributed by atoms with Crippen molar-refractivity contribution in [3.8, 4) is 0 Å². The highest BCUT2D eigenvalue weighted by Gasteiger charge is 2.10. The number of aryl methyl sites for hydroxylation is 1. The lowest BCUT2D eigenvalue weighted by molar-refractivity contribution is -0.119. The second-order valence-corrected chi connectivity index (χ2v) is 4.73. The normalized spacial score (nSPS) is 11.9. The Labute approximate surface area is 118 Å². The van der Waals surface area contributed by atoms with E-state index in [1.807, 2.05) is 37.5 Å². The van der Waals surface area contributed by atoms with Crippen molar-refractivity contribution in [2.75, 3.05) is 17.2 Å². The first-order valence-corrected chi connectivity index (χ1v) is 6.45. The third kappa shape index (κ3) is 3.58. The van der Waals surface area contributed by atoms with Crippen LogP contribution in [0.25, 0.3) is 0 Å². The first-order valence-electron chi connectivity index (χ1n) is 6.45. The summed E-state index contributed by atoms with van der Waals surface area (Å²) in [5.74, 6) is -0.282. The van der Waals surface area contributed by atoms with Crippen molar-refractivity contribution in [2.24, 2.45) is 18.7 Å². The van der Waals surface area contributed by atoms with Gasteiger partial charge >= 0.3 is 0 Å². The standard InChI is InChI=1S/C14H19N5O/c1-10(7-15)14(20)18-12-5-3-4-11(6-12)17-13-8-16-19(2)9-13/h3-6,8-10,17H,7,15H2,1-2H3,(H,18,20). The van der Waals surface area contributed by atoms with Crippen LogP contribution in [0, 0.1) is 5.92 Å². The van der Waals surface area contributed by atoms with Gasteiger partial charge in [-0.05, 0) is 18.2 Å². The third-order valence-electron chi connectivity index (χ3n) is 2.92. The van der Waals surface area contributed by atoms with E-state index in [2.05, 4.69) is 15.7 Å². The van der Waals surface area contributed by atoms with Crippen LogP contribution in [0.3, 0.4) is 0 Å². The second kappa shape index (κ2) is 6.21. The van der Waals surface area contributed by atoms with E-state index in [1.54, 1.807) is 17.8 Å². The van der Waals surface area contributed by atoms with E-state index in [4.69, 9.17) is 5.73 Å². The van der Waals surface area contributed by atoms with E-state index in [1.165, 1.54) is 0 Å². The maximum atomic E-state index is 11.8. The van der Waals surface area contributed by atoms with E-state index in [-0.39, 0.29) is 11.8 Å². The van der Waals surface area contributed by atoms with Crippen molar-refractivity contribution in [3.05, 3.63) is 36.7 Å². The van der Waals surface area contributed by atoms with Crippen LogP contribution in [0.15, 0.2) is 36.7 Å². The molecule has 1 aromatic heterocycles. The van der Waals surface area contributed by atoms with Crippen molar-refractivity contribution < 1.29 is 4.79 Å². The SMILES string of the molecule is CC(CN)C(=O)Nc1cccc(Nc2cnn(C)c2)c1. The summed E-state index contributed by atoms with van der Waals surface area (Å²) in [6, 6.07) is 7.51. The number of hydrogen-bond acceptors (Lipinski definition) is 4. The van der Waals surface area contributed by atoms with Crippen molar-refractivity contribution in [2.45, 2.75) is 6.92 Å². The van der Waals surface area contributed by atoms with Gasteiger partial charge in [-0.2, -0.15) is 5.10 Å². The molecule has 0 saturated heterocycles. The molecule has 2 aromatic rings. The first-order chi connectivity index (χ1) is 9.58. The van der Waals surface area contributed by atoms with Gasteiger partial charge in [-0.25, -0.2) is 0 Å². The molecular formula is C14H19N5O. The zero-order valence-corrected chi connectivity index (χ0v) is 11.6. The van der Waals surface area contributed by atoms with Gasteiger partial charge in [0.15, 0.2) is 0 Å². The van der Waals surface area contributed by atoms with Crippen molar-refractivity contribution in [3.63, 3.8) is 0 Å². The fourth-order valence-electron chi connectivity index (χ4n) is 1.70. The lowest BCUT2D eigenvalue weighted by atomic mass is 10.1. The number of nitrogens with two attached hydrogens (primary N) is 1. The van der Waals surface area contributed by atoms with Crippen LogP contribution in [-0.4, -0.2) is 22.2 Å². The maximum Gasteiger partial charge on any atom is 0.228 e. The summed E-state index contributed by atoms with van der Waals surface area (Å²) in [6.07, 6.45) is 3.61. The van der Waals surface area contributed by atoms with Crippen LogP contribution in [0.5, 0.6) is 0 Å². The molecule has 0 spiro atoms.